The second-order valence-corrected chi connectivity index (χ2v) is 5.03. The van der Waals surface area contributed by atoms with Gasteiger partial charge in [0.25, 0.3) is 5.56 Å². The number of aromatic nitrogens is 2. The van der Waals surface area contributed by atoms with Crippen LogP contribution < -0.4 is 16.2 Å². The molecule has 2 aromatic rings. The van der Waals surface area contributed by atoms with E-state index in [2.05, 4.69) is 5.10 Å². The van der Waals surface area contributed by atoms with Crippen LogP contribution in [0.3, 0.4) is 0 Å². The molecule has 0 radical (unpaired) electrons. The van der Waals surface area contributed by atoms with Crippen molar-refractivity contribution in [1.82, 2.24) is 9.78 Å². The van der Waals surface area contributed by atoms with Gasteiger partial charge in [0.15, 0.2) is 0 Å². The quantitative estimate of drug-likeness (QED) is 0.908. The molecule has 0 amide bonds. The second-order valence-electron chi connectivity index (χ2n) is 4.62. The molecule has 0 saturated heterocycles. The number of nitrogens with two attached hydrogens (primary N) is 1. The molecule has 0 spiro atoms. The van der Waals surface area contributed by atoms with Crippen LogP contribution in [0.5, 0.6) is 0 Å². The molecule has 0 atom stereocenters. The van der Waals surface area contributed by atoms with E-state index in [-0.39, 0.29) is 22.7 Å². The van der Waals surface area contributed by atoms with Crippen molar-refractivity contribution < 1.29 is 4.39 Å². The van der Waals surface area contributed by atoms with Crippen LogP contribution in [-0.2, 0) is 6.54 Å². The molecular weight excluding hydrogens is 295 g/mol. The van der Waals surface area contributed by atoms with Crippen LogP contribution >= 0.6 is 11.6 Å². The van der Waals surface area contributed by atoms with Crippen molar-refractivity contribution in [2.45, 2.75) is 6.54 Å². The summed E-state index contributed by atoms with van der Waals surface area (Å²) < 4.78 is 14.9. The van der Waals surface area contributed by atoms with Crippen LogP contribution in [0.4, 0.5) is 10.1 Å². The molecule has 0 aliphatic rings. The Hall–Kier alpha value is -1.92. The zero-order valence-electron chi connectivity index (χ0n) is 11.6. The Morgan fingerprint density at radius 3 is 2.86 bits per heavy atom. The minimum Gasteiger partial charge on any atom is -0.372 e. The highest BCUT2D eigenvalue weighted by Gasteiger charge is 2.10. The van der Waals surface area contributed by atoms with Gasteiger partial charge in [0.1, 0.15) is 5.82 Å². The predicted molar refractivity (Wildman–Crippen MR) is 81.3 cm³/mol. The first-order chi connectivity index (χ1) is 10.0. The van der Waals surface area contributed by atoms with E-state index in [9.17, 15) is 9.18 Å². The number of hydrogen-bond acceptors (Lipinski definition) is 4. The minimum absolute atomic E-state index is 0.00871. The lowest BCUT2D eigenvalue weighted by Gasteiger charge is -2.17. The van der Waals surface area contributed by atoms with Crippen molar-refractivity contribution in [2.75, 3.05) is 25.0 Å². The van der Waals surface area contributed by atoms with Gasteiger partial charge in [-0.3, -0.25) is 4.79 Å². The van der Waals surface area contributed by atoms with Gasteiger partial charge in [-0.2, -0.15) is 5.10 Å². The molecule has 0 aliphatic heterocycles. The van der Waals surface area contributed by atoms with Crippen LogP contribution in [0.15, 0.2) is 35.3 Å². The van der Waals surface area contributed by atoms with E-state index in [4.69, 9.17) is 17.3 Å². The average molecular weight is 311 g/mol. The van der Waals surface area contributed by atoms with Crippen molar-refractivity contribution in [3.8, 4) is 0 Å². The summed E-state index contributed by atoms with van der Waals surface area (Å²) in [5.74, 6) is -0.458. The topological polar surface area (TPSA) is 64.2 Å². The fourth-order valence-electron chi connectivity index (χ4n) is 1.91. The molecule has 0 saturated carbocycles. The highest BCUT2D eigenvalue weighted by Crippen LogP contribution is 2.19. The standard InChI is InChI=1S/C14H16ClFN4O/c1-19(6-5-17)10-7-14(21)20(18-8-10)9-11-12(15)3-2-4-13(11)16/h2-4,7-8H,5-6,9,17H2,1H3. The Morgan fingerprint density at radius 1 is 1.48 bits per heavy atom. The van der Waals surface area contributed by atoms with Crippen molar-refractivity contribution in [3.05, 3.63) is 57.2 Å². The van der Waals surface area contributed by atoms with Crippen LogP contribution in [-0.4, -0.2) is 29.9 Å². The van der Waals surface area contributed by atoms with E-state index >= 15 is 0 Å². The number of nitrogens with zero attached hydrogens (tertiary/aromatic N) is 3. The Balaban J connectivity index is 2.28. The Kier molecular flexibility index (Phi) is 4.93. The number of rotatable bonds is 5. The Morgan fingerprint density at radius 2 is 2.24 bits per heavy atom. The van der Waals surface area contributed by atoms with Gasteiger partial charge in [0.2, 0.25) is 0 Å². The SMILES string of the molecule is CN(CCN)c1cnn(Cc2c(F)cccc2Cl)c(=O)c1. The van der Waals surface area contributed by atoms with Gasteiger partial charge in [0.05, 0.1) is 18.4 Å². The summed E-state index contributed by atoms with van der Waals surface area (Å²) in [5.41, 5.74) is 6.06. The van der Waals surface area contributed by atoms with Crippen molar-refractivity contribution >= 4 is 17.3 Å². The van der Waals surface area contributed by atoms with E-state index in [1.807, 2.05) is 11.9 Å². The predicted octanol–water partition coefficient (Wildman–Crippen LogP) is 1.48. The second kappa shape index (κ2) is 6.69. The first-order valence-electron chi connectivity index (χ1n) is 6.44. The number of benzene rings is 1. The number of anilines is 1. The van der Waals surface area contributed by atoms with E-state index in [0.29, 0.717) is 18.8 Å². The zero-order chi connectivity index (χ0) is 15.4. The molecular formula is C14H16ClFN4O. The molecule has 0 aliphatic carbocycles. The number of hydrogen-bond donors (Lipinski definition) is 1. The summed E-state index contributed by atoms with van der Waals surface area (Å²) in [4.78, 5) is 13.9. The summed E-state index contributed by atoms with van der Waals surface area (Å²) in [6.07, 6.45) is 1.55. The zero-order valence-corrected chi connectivity index (χ0v) is 12.3. The lowest BCUT2D eigenvalue weighted by atomic mass is 10.2. The molecule has 1 heterocycles. The van der Waals surface area contributed by atoms with E-state index in [1.54, 1.807) is 12.3 Å². The van der Waals surface area contributed by atoms with Crippen LogP contribution in [0.1, 0.15) is 5.56 Å². The molecule has 2 rings (SSSR count). The molecule has 2 N–H and O–H groups in total. The fourth-order valence-corrected chi connectivity index (χ4v) is 2.13. The molecule has 1 aromatic carbocycles. The van der Waals surface area contributed by atoms with E-state index < -0.39 is 5.82 Å². The molecule has 1 aromatic heterocycles. The van der Waals surface area contributed by atoms with Crippen LogP contribution in [0.25, 0.3) is 0 Å². The first-order valence-corrected chi connectivity index (χ1v) is 6.82. The Bertz CT molecular complexity index is 669. The Labute approximate surface area is 126 Å². The summed E-state index contributed by atoms with van der Waals surface area (Å²) in [7, 11) is 1.82. The molecule has 7 heteroatoms. The molecule has 21 heavy (non-hydrogen) atoms. The minimum atomic E-state index is -0.458. The summed E-state index contributed by atoms with van der Waals surface area (Å²) in [6, 6.07) is 5.84. The van der Waals surface area contributed by atoms with Crippen molar-refractivity contribution in [3.63, 3.8) is 0 Å². The lowest BCUT2D eigenvalue weighted by molar-refractivity contribution is 0.572. The maximum absolute atomic E-state index is 13.7. The van der Waals surface area contributed by atoms with Gasteiger partial charge >= 0.3 is 0 Å². The van der Waals surface area contributed by atoms with Gasteiger partial charge in [-0.05, 0) is 12.1 Å². The third-order valence-electron chi connectivity index (χ3n) is 3.13. The third kappa shape index (κ3) is 3.59. The van der Waals surface area contributed by atoms with Crippen molar-refractivity contribution in [1.29, 1.82) is 0 Å². The first kappa shape index (κ1) is 15.5. The van der Waals surface area contributed by atoms with Gasteiger partial charge in [0, 0.05) is 36.8 Å². The molecule has 112 valence electrons. The summed E-state index contributed by atoms with van der Waals surface area (Å²) in [6.45, 7) is 1.08. The van der Waals surface area contributed by atoms with Gasteiger partial charge in [-0.1, -0.05) is 17.7 Å². The van der Waals surface area contributed by atoms with Crippen LogP contribution in [0, 0.1) is 5.82 Å². The van der Waals surface area contributed by atoms with Gasteiger partial charge in [-0.25, -0.2) is 9.07 Å². The summed E-state index contributed by atoms with van der Waals surface area (Å²) in [5, 5.41) is 4.33. The number of halogens is 2. The average Bonchev–Trinajstić information content (AvgIpc) is 2.44. The maximum Gasteiger partial charge on any atom is 0.269 e. The van der Waals surface area contributed by atoms with Gasteiger partial charge in [-0.15, -0.1) is 0 Å². The molecule has 0 bridgehead atoms. The smallest absolute Gasteiger partial charge is 0.269 e. The number of likely N-dealkylation sites (N-methyl/N-ethyl adjacent to an activating group) is 1. The highest BCUT2D eigenvalue weighted by atomic mass is 35.5. The van der Waals surface area contributed by atoms with E-state index in [1.165, 1.54) is 22.9 Å². The monoisotopic (exact) mass is 310 g/mol. The highest BCUT2D eigenvalue weighted by molar-refractivity contribution is 6.31. The van der Waals surface area contributed by atoms with Crippen LogP contribution in [0.2, 0.25) is 5.02 Å². The maximum atomic E-state index is 13.7. The van der Waals surface area contributed by atoms with E-state index in [0.717, 1.165) is 0 Å². The van der Waals surface area contributed by atoms with Crippen molar-refractivity contribution in [2.24, 2.45) is 5.73 Å². The normalized spacial score (nSPS) is 10.7. The molecule has 5 nitrogen and oxygen atoms in total. The fraction of sp³-hybridized carbons (Fsp3) is 0.286. The third-order valence-corrected chi connectivity index (χ3v) is 3.48. The molecule has 0 fully saturated rings. The lowest BCUT2D eigenvalue weighted by Crippen LogP contribution is -2.29. The van der Waals surface area contributed by atoms with Gasteiger partial charge < -0.3 is 10.6 Å². The largest absolute Gasteiger partial charge is 0.372 e. The summed E-state index contributed by atoms with van der Waals surface area (Å²) >= 11 is 5.95. The molecule has 0 unspecified atom stereocenters.